The Balaban J connectivity index is 2.36. The van der Waals surface area contributed by atoms with E-state index in [1.807, 2.05) is 0 Å². The fourth-order valence-electron chi connectivity index (χ4n) is 2.63. The SMILES string of the molecule is COc1ccc2c3c([nH]c2c1[N+](=O)[O-])C(O)CC3. The summed E-state index contributed by atoms with van der Waals surface area (Å²) in [6.45, 7) is 0. The van der Waals surface area contributed by atoms with Crippen LogP contribution in [0, 0.1) is 10.1 Å². The van der Waals surface area contributed by atoms with Crippen LogP contribution in [0.2, 0.25) is 0 Å². The number of aromatic amines is 1. The van der Waals surface area contributed by atoms with Crippen LogP contribution in [0.5, 0.6) is 5.75 Å². The van der Waals surface area contributed by atoms with Crippen LogP contribution in [0.1, 0.15) is 23.8 Å². The average molecular weight is 248 g/mol. The summed E-state index contributed by atoms with van der Waals surface area (Å²) in [5.74, 6) is 0.224. The average Bonchev–Trinajstić information content (AvgIpc) is 2.88. The molecule has 1 aliphatic carbocycles. The van der Waals surface area contributed by atoms with Crippen LogP contribution in [0.4, 0.5) is 5.69 Å². The number of nitrogens with one attached hydrogen (secondary N) is 1. The van der Waals surface area contributed by atoms with Gasteiger partial charge in [0.25, 0.3) is 0 Å². The number of aryl methyl sites for hydroxylation is 1. The van der Waals surface area contributed by atoms with E-state index in [4.69, 9.17) is 4.74 Å². The van der Waals surface area contributed by atoms with Crippen molar-refractivity contribution in [3.05, 3.63) is 33.5 Å². The second-order valence-electron chi connectivity index (χ2n) is 4.37. The second-order valence-corrected chi connectivity index (χ2v) is 4.37. The van der Waals surface area contributed by atoms with Crippen LogP contribution in [-0.2, 0) is 6.42 Å². The van der Waals surface area contributed by atoms with Gasteiger partial charge in [-0.05, 0) is 30.5 Å². The van der Waals surface area contributed by atoms with Crippen molar-refractivity contribution in [2.24, 2.45) is 0 Å². The van der Waals surface area contributed by atoms with Crippen LogP contribution in [-0.4, -0.2) is 22.1 Å². The zero-order valence-electron chi connectivity index (χ0n) is 9.77. The molecule has 0 saturated heterocycles. The summed E-state index contributed by atoms with van der Waals surface area (Å²) >= 11 is 0. The number of benzene rings is 1. The molecule has 0 fully saturated rings. The number of aliphatic hydroxyl groups is 1. The minimum absolute atomic E-state index is 0.0726. The maximum absolute atomic E-state index is 11.1. The maximum atomic E-state index is 11.1. The predicted molar refractivity (Wildman–Crippen MR) is 64.8 cm³/mol. The number of aliphatic hydroxyl groups excluding tert-OH is 1. The van der Waals surface area contributed by atoms with E-state index in [1.165, 1.54) is 7.11 Å². The summed E-state index contributed by atoms with van der Waals surface area (Å²) in [6, 6.07) is 3.40. The highest BCUT2D eigenvalue weighted by Crippen LogP contribution is 2.42. The lowest BCUT2D eigenvalue weighted by Gasteiger charge is -2.03. The lowest BCUT2D eigenvalue weighted by Crippen LogP contribution is -1.96. The highest BCUT2D eigenvalue weighted by Gasteiger charge is 2.29. The van der Waals surface area contributed by atoms with Gasteiger partial charge in [-0.15, -0.1) is 0 Å². The Morgan fingerprint density at radius 2 is 2.33 bits per heavy atom. The smallest absolute Gasteiger partial charge is 0.334 e. The van der Waals surface area contributed by atoms with Crippen LogP contribution in [0.25, 0.3) is 10.9 Å². The molecule has 1 aliphatic rings. The number of hydrogen-bond donors (Lipinski definition) is 2. The molecule has 1 aromatic heterocycles. The van der Waals surface area contributed by atoms with E-state index in [-0.39, 0.29) is 11.4 Å². The summed E-state index contributed by atoms with van der Waals surface area (Å²) < 4.78 is 5.02. The zero-order chi connectivity index (χ0) is 12.9. The summed E-state index contributed by atoms with van der Waals surface area (Å²) in [5.41, 5.74) is 2.03. The number of fused-ring (bicyclic) bond motifs is 3. The van der Waals surface area contributed by atoms with Gasteiger partial charge in [0.2, 0.25) is 0 Å². The number of nitro benzene ring substituents is 1. The molecule has 2 aromatic rings. The largest absolute Gasteiger partial charge is 0.490 e. The Morgan fingerprint density at radius 3 is 3.00 bits per heavy atom. The minimum atomic E-state index is -0.557. The molecule has 0 spiro atoms. The Hall–Kier alpha value is -2.08. The van der Waals surface area contributed by atoms with Gasteiger partial charge in [0.1, 0.15) is 5.52 Å². The first-order valence-corrected chi connectivity index (χ1v) is 5.67. The van der Waals surface area contributed by atoms with E-state index >= 15 is 0 Å². The predicted octanol–water partition coefficient (Wildman–Crippen LogP) is 2.06. The lowest BCUT2D eigenvalue weighted by atomic mass is 10.1. The van der Waals surface area contributed by atoms with Gasteiger partial charge >= 0.3 is 5.69 Å². The van der Waals surface area contributed by atoms with Crippen molar-refractivity contribution in [2.75, 3.05) is 7.11 Å². The van der Waals surface area contributed by atoms with Crippen LogP contribution < -0.4 is 4.74 Å². The van der Waals surface area contributed by atoms with Gasteiger partial charge in [-0.2, -0.15) is 0 Å². The number of nitro groups is 1. The molecule has 6 heteroatoms. The number of methoxy groups -OCH3 is 1. The molecule has 3 rings (SSSR count). The third kappa shape index (κ3) is 1.32. The molecule has 0 amide bonds. The molecule has 0 saturated carbocycles. The molecule has 94 valence electrons. The highest BCUT2D eigenvalue weighted by atomic mass is 16.6. The third-order valence-corrected chi connectivity index (χ3v) is 3.45. The highest BCUT2D eigenvalue weighted by molar-refractivity contribution is 5.94. The van der Waals surface area contributed by atoms with E-state index in [0.29, 0.717) is 17.6 Å². The molecular formula is C12H12N2O4. The van der Waals surface area contributed by atoms with Gasteiger partial charge in [0.05, 0.1) is 18.1 Å². The van der Waals surface area contributed by atoms with Crippen molar-refractivity contribution in [1.29, 1.82) is 0 Å². The fraction of sp³-hybridized carbons (Fsp3) is 0.333. The summed E-state index contributed by atoms with van der Waals surface area (Å²) in [4.78, 5) is 13.7. The summed E-state index contributed by atoms with van der Waals surface area (Å²) in [6.07, 6.45) is 0.842. The van der Waals surface area contributed by atoms with Crippen molar-refractivity contribution in [1.82, 2.24) is 4.98 Å². The molecule has 0 bridgehead atoms. The van der Waals surface area contributed by atoms with Crippen molar-refractivity contribution in [3.8, 4) is 5.75 Å². The first-order chi connectivity index (χ1) is 8.63. The van der Waals surface area contributed by atoms with Crippen molar-refractivity contribution in [3.63, 3.8) is 0 Å². The first-order valence-electron chi connectivity index (χ1n) is 5.67. The fourth-order valence-corrected chi connectivity index (χ4v) is 2.63. The topological polar surface area (TPSA) is 88.4 Å². The van der Waals surface area contributed by atoms with Crippen LogP contribution in [0.3, 0.4) is 0 Å². The zero-order valence-corrected chi connectivity index (χ0v) is 9.77. The van der Waals surface area contributed by atoms with Gasteiger partial charge in [0, 0.05) is 11.1 Å². The van der Waals surface area contributed by atoms with Gasteiger partial charge in [0.15, 0.2) is 5.75 Å². The summed E-state index contributed by atoms with van der Waals surface area (Å²) in [7, 11) is 1.40. The van der Waals surface area contributed by atoms with Gasteiger partial charge in [-0.25, -0.2) is 0 Å². The van der Waals surface area contributed by atoms with E-state index in [0.717, 1.165) is 17.4 Å². The van der Waals surface area contributed by atoms with Crippen LogP contribution >= 0.6 is 0 Å². The molecule has 1 heterocycles. The molecular weight excluding hydrogens is 236 g/mol. The second kappa shape index (κ2) is 3.71. The number of aromatic nitrogens is 1. The maximum Gasteiger partial charge on any atom is 0.334 e. The molecule has 1 aromatic carbocycles. The van der Waals surface area contributed by atoms with Gasteiger partial charge in [-0.3, -0.25) is 10.1 Å². The molecule has 2 N–H and O–H groups in total. The number of rotatable bonds is 2. The first kappa shape index (κ1) is 11.0. The lowest BCUT2D eigenvalue weighted by molar-refractivity contribution is -0.384. The Bertz CT molecular complexity index is 647. The molecule has 1 unspecified atom stereocenters. The Kier molecular flexibility index (Phi) is 2.27. The molecule has 0 aliphatic heterocycles. The standard InChI is InChI=1S/C12H12N2O4/c1-18-9-5-3-7-6-2-4-8(15)10(6)13-11(7)12(9)14(16)17/h3,5,8,13,15H,2,4H2,1H3. The van der Waals surface area contributed by atoms with Crippen LogP contribution in [0.15, 0.2) is 12.1 Å². The third-order valence-electron chi connectivity index (χ3n) is 3.45. The van der Waals surface area contributed by atoms with Gasteiger partial charge < -0.3 is 14.8 Å². The Labute approximate surface area is 102 Å². The molecule has 0 radical (unpaired) electrons. The number of ether oxygens (including phenoxy) is 1. The van der Waals surface area contributed by atoms with Crippen molar-refractivity contribution < 1.29 is 14.8 Å². The van der Waals surface area contributed by atoms with Gasteiger partial charge in [-0.1, -0.05) is 0 Å². The number of H-pyrrole nitrogens is 1. The van der Waals surface area contributed by atoms with E-state index in [9.17, 15) is 15.2 Å². The van der Waals surface area contributed by atoms with E-state index in [1.54, 1.807) is 12.1 Å². The molecule has 1 atom stereocenters. The normalized spacial score (nSPS) is 18.0. The summed E-state index contributed by atoms with van der Waals surface area (Å²) in [5, 5.41) is 21.8. The van der Waals surface area contributed by atoms with E-state index < -0.39 is 11.0 Å². The monoisotopic (exact) mass is 248 g/mol. The quantitative estimate of drug-likeness (QED) is 0.629. The number of hydrogen-bond acceptors (Lipinski definition) is 4. The van der Waals surface area contributed by atoms with Crippen molar-refractivity contribution in [2.45, 2.75) is 18.9 Å². The molecule has 6 nitrogen and oxygen atoms in total. The van der Waals surface area contributed by atoms with E-state index in [2.05, 4.69) is 4.98 Å². The number of nitrogens with zero attached hydrogens (tertiary/aromatic N) is 1. The minimum Gasteiger partial charge on any atom is -0.490 e. The Morgan fingerprint density at radius 1 is 1.56 bits per heavy atom. The molecule has 18 heavy (non-hydrogen) atoms. The van der Waals surface area contributed by atoms with Crippen molar-refractivity contribution >= 4 is 16.6 Å².